The van der Waals surface area contributed by atoms with Crippen molar-refractivity contribution >= 4 is 17.2 Å². The van der Waals surface area contributed by atoms with Gasteiger partial charge in [0.05, 0.1) is 10.7 Å². The summed E-state index contributed by atoms with van der Waals surface area (Å²) in [6.07, 6.45) is 4.03. The zero-order chi connectivity index (χ0) is 15.2. The number of likely N-dealkylation sites (tertiary alicyclic amines) is 2. The molecule has 3 aliphatic heterocycles. The van der Waals surface area contributed by atoms with Gasteiger partial charge in [-0.15, -0.1) is 11.3 Å². The zero-order valence-corrected chi connectivity index (χ0v) is 13.9. The number of thiazole rings is 1. The Morgan fingerprint density at radius 2 is 2.36 bits per heavy atom. The summed E-state index contributed by atoms with van der Waals surface area (Å²) in [5.41, 5.74) is 1.37. The first kappa shape index (κ1) is 14.6. The smallest absolute Gasteiger partial charge is 0.251 e. The van der Waals surface area contributed by atoms with Crippen molar-refractivity contribution in [3.8, 4) is 0 Å². The van der Waals surface area contributed by atoms with Crippen LogP contribution in [0.2, 0.25) is 0 Å². The third-order valence-corrected chi connectivity index (χ3v) is 6.21. The summed E-state index contributed by atoms with van der Waals surface area (Å²) < 4.78 is 5.56. The molecular formula is C16H23N3O2S. The summed E-state index contributed by atoms with van der Waals surface area (Å²) >= 11 is 1.72. The first-order valence-electron chi connectivity index (χ1n) is 8.23. The third kappa shape index (κ3) is 2.47. The Morgan fingerprint density at radius 3 is 3.00 bits per heavy atom. The van der Waals surface area contributed by atoms with Crippen LogP contribution in [0.3, 0.4) is 0 Å². The summed E-state index contributed by atoms with van der Waals surface area (Å²) in [5.74, 6) is 0.214. The molecule has 0 aromatic carbocycles. The molecule has 1 aromatic rings. The highest BCUT2D eigenvalue weighted by molar-refractivity contribution is 7.09. The average molecular weight is 321 g/mol. The Kier molecular flexibility index (Phi) is 3.71. The summed E-state index contributed by atoms with van der Waals surface area (Å²) in [6.45, 7) is 6.59. The van der Waals surface area contributed by atoms with Crippen LogP contribution in [0.1, 0.15) is 36.4 Å². The molecule has 4 heterocycles. The fourth-order valence-electron chi connectivity index (χ4n) is 3.99. The zero-order valence-electron chi connectivity index (χ0n) is 13.1. The molecule has 0 saturated carbocycles. The summed E-state index contributed by atoms with van der Waals surface area (Å²) in [5, 5.41) is 3.29. The van der Waals surface area contributed by atoms with E-state index < -0.39 is 0 Å². The molecule has 1 amide bonds. The van der Waals surface area contributed by atoms with Crippen molar-refractivity contribution in [2.24, 2.45) is 0 Å². The van der Waals surface area contributed by atoms with Gasteiger partial charge in [-0.1, -0.05) is 0 Å². The molecule has 0 aliphatic carbocycles. The van der Waals surface area contributed by atoms with E-state index >= 15 is 0 Å². The number of ether oxygens (including phenoxy) is 1. The lowest BCUT2D eigenvalue weighted by atomic mass is 9.83. The van der Waals surface area contributed by atoms with Gasteiger partial charge in [0.1, 0.15) is 6.10 Å². The van der Waals surface area contributed by atoms with Crippen LogP contribution in [0.4, 0.5) is 0 Å². The molecule has 3 aliphatic rings. The summed E-state index contributed by atoms with van der Waals surface area (Å²) in [4.78, 5) is 21.7. The van der Waals surface area contributed by atoms with Gasteiger partial charge in [0.15, 0.2) is 0 Å². The second kappa shape index (κ2) is 5.58. The topological polar surface area (TPSA) is 45.7 Å². The molecule has 0 radical (unpaired) electrons. The van der Waals surface area contributed by atoms with Crippen LogP contribution < -0.4 is 0 Å². The number of carbonyl (C=O) groups is 1. The van der Waals surface area contributed by atoms with Crippen molar-refractivity contribution in [3.05, 3.63) is 16.1 Å². The van der Waals surface area contributed by atoms with Crippen molar-refractivity contribution in [1.82, 2.24) is 14.8 Å². The fourth-order valence-corrected chi connectivity index (χ4v) is 4.60. The first-order chi connectivity index (χ1) is 10.7. The van der Waals surface area contributed by atoms with Crippen LogP contribution >= 0.6 is 11.3 Å². The van der Waals surface area contributed by atoms with E-state index in [1.165, 1.54) is 12.1 Å². The number of nitrogens with zero attached hydrogens (tertiary/aromatic N) is 3. The van der Waals surface area contributed by atoms with E-state index in [9.17, 15) is 4.79 Å². The van der Waals surface area contributed by atoms with Crippen LogP contribution in [0.5, 0.6) is 0 Å². The van der Waals surface area contributed by atoms with Crippen molar-refractivity contribution in [2.75, 3.05) is 26.2 Å². The van der Waals surface area contributed by atoms with Gasteiger partial charge in [-0.05, 0) is 32.6 Å². The molecule has 120 valence electrons. The fraction of sp³-hybridized carbons (Fsp3) is 0.750. The van der Waals surface area contributed by atoms with Crippen LogP contribution in [0.15, 0.2) is 5.38 Å². The van der Waals surface area contributed by atoms with Gasteiger partial charge in [0, 0.05) is 43.7 Å². The molecule has 2 unspecified atom stereocenters. The van der Waals surface area contributed by atoms with Crippen molar-refractivity contribution in [1.29, 1.82) is 0 Å². The minimum Gasteiger partial charge on any atom is -0.368 e. The number of hydrogen-bond acceptors (Lipinski definition) is 5. The first-order valence-corrected chi connectivity index (χ1v) is 9.11. The Hall–Kier alpha value is -0.980. The number of aromatic nitrogens is 1. The third-order valence-electron chi connectivity index (χ3n) is 5.39. The molecular weight excluding hydrogens is 298 g/mol. The number of hydrogen-bond donors (Lipinski definition) is 0. The van der Waals surface area contributed by atoms with E-state index in [4.69, 9.17) is 4.74 Å². The van der Waals surface area contributed by atoms with Gasteiger partial charge in [-0.3, -0.25) is 9.69 Å². The molecule has 2 atom stereocenters. The van der Waals surface area contributed by atoms with Crippen LogP contribution in [0.25, 0.3) is 0 Å². The molecule has 6 heteroatoms. The van der Waals surface area contributed by atoms with Crippen LogP contribution in [-0.4, -0.2) is 58.6 Å². The Labute approximate surface area is 135 Å². The molecule has 4 rings (SSSR count). The highest BCUT2D eigenvalue weighted by Gasteiger charge is 2.50. The highest BCUT2D eigenvalue weighted by Crippen LogP contribution is 2.40. The van der Waals surface area contributed by atoms with Gasteiger partial charge in [0.25, 0.3) is 5.91 Å². The lowest BCUT2D eigenvalue weighted by molar-refractivity contribution is -0.141. The highest BCUT2D eigenvalue weighted by atomic mass is 32.1. The number of amides is 1. The second-order valence-corrected chi connectivity index (χ2v) is 7.83. The molecule has 1 aromatic heterocycles. The van der Waals surface area contributed by atoms with Crippen molar-refractivity contribution in [2.45, 2.75) is 50.8 Å². The maximum absolute atomic E-state index is 12.5. The molecule has 3 fully saturated rings. The van der Waals surface area contributed by atoms with Gasteiger partial charge < -0.3 is 9.64 Å². The SMILES string of the molecule is Cc1nc(CN2CCC23CCN(C(=O)C2CCCO2)C3)cs1. The molecule has 0 N–H and O–H groups in total. The van der Waals surface area contributed by atoms with E-state index in [0.717, 1.165) is 57.1 Å². The molecule has 5 nitrogen and oxygen atoms in total. The summed E-state index contributed by atoms with van der Waals surface area (Å²) in [6, 6.07) is 0. The number of aryl methyl sites for hydroxylation is 1. The maximum atomic E-state index is 12.5. The van der Waals surface area contributed by atoms with Crippen molar-refractivity contribution < 1.29 is 9.53 Å². The largest absolute Gasteiger partial charge is 0.368 e. The van der Waals surface area contributed by atoms with Gasteiger partial charge in [0.2, 0.25) is 0 Å². The quantitative estimate of drug-likeness (QED) is 0.852. The van der Waals surface area contributed by atoms with Gasteiger partial charge in [-0.2, -0.15) is 0 Å². The van der Waals surface area contributed by atoms with Crippen LogP contribution in [-0.2, 0) is 16.1 Å². The minimum absolute atomic E-state index is 0.176. The minimum atomic E-state index is -0.176. The number of carbonyl (C=O) groups excluding carboxylic acids is 1. The van der Waals surface area contributed by atoms with Gasteiger partial charge >= 0.3 is 0 Å². The standard InChI is InChI=1S/C16H23N3O2S/c1-12-17-13(10-22-12)9-19-7-5-16(19)4-6-18(11-16)15(20)14-3-2-8-21-14/h10,14H,2-9,11H2,1H3. The lowest BCUT2D eigenvalue weighted by Crippen LogP contribution is -2.61. The molecule has 3 saturated heterocycles. The van der Waals surface area contributed by atoms with Gasteiger partial charge in [-0.25, -0.2) is 4.98 Å². The van der Waals surface area contributed by atoms with Crippen LogP contribution in [0, 0.1) is 6.92 Å². The second-order valence-electron chi connectivity index (χ2n) is 6.77. The maximum Gasteiger partial charge on any atom is 0.251 e. The van der Waals surface area contributed by atoms with Crippen molar-refractivity contribution in [3.63, 3.8) is 0 Å². The Bertz CT molecular complexity index is 569. The monoisotopic (exact) mass is 321 g/mol. The summed E-state index contributed by atoms with van der Waals surface area (Å²) in [7, 11) is 0. The van der Waals surface area contributed by atoms with E-state index in [0.29, 0.717) is 0 Å². The average Bonchev–Trinajstić information content (AvgIpc) is 3.23. The number of rotatable bonds is 3. The normalized spacial score (nSPS) is 31.9. The molecule has 0 bridgehead atoms. The Balaban J connectivity index is 1.39. The predicted molar refractivity (Wildman–Crippen MR) is 84.8 cm³/mol. The van der Waals surface area contributed by atoms with E-state index in [2.05, 4.69) is 22.2 Å². The van der Waals surface area contributed by atoms with E-state index in [1.807, 2.05) is 4.90 Å². The van der Waals surface area contributed by atoms with E-state index in [-0.39, 0.29) is 17.6 Å². The van der Waals surface area contributed by atoms with E-state index in [1.54, 1.807) is 11.3 Å². The predicted octanol–water partition coefficient (Wildman–Crippen LogP) is 1.81. The Morgan fingerprint density at radius 1 is 1.50 bits per heavy atom. The molecule has 1 spiro atoms. The lowest BCUT2D eigenvalue weighted by Gasteiger charge is -2.50. The molecule has 22 heavy (non-hydrogen) atoms.